The van der Waals surface area contributed by atoms with Crippen LogP contribution in [0.25, 0.3) is 11.3 Å². The third-order valence-corrected chi connectivity index (χ3v) is 3.94. The maximum absolute atomic E-state index is 12.0. The van der Waals surface area contributed by atoms with E-state index in [1.807, 2.05) is 43.8 Å². The Hall–Kier alpha value is -2.14. The van der Waals surface area contributed by atoms with Crippen LogP contribution in [0.5, 0.6) is 0 Å². The van der Waals surface area contributed by atoms with Crippen LogP contribution in [-0.2, 0) is 23.8 Å². The molecule has 0 unspecified atom stereocenters. The lowest BCUT2D eigenvalue weighted by atomic mass is 9.85. The largest absolute Gasteiger partial charge is 0.325 e. The molecule has 1 aliphatic heterocycles. The van der Waals surface area contributed by atoms with E-state index >= 15 is 0 Å². The van der Waals surface area contributed by atoms with Gasteiger partial charge in [-0.3, -0.25) is 9.48 Å². The average molecular weight is 270 g/mol. The fraction of sp³-hybridized carbons (Fsp3) is 0.333. The van der Waals surface area contributed by atoms with Gasteiger partial charge in [-0.2, -0.15) is 5.10 Å². The van der Waals surface area contributed by atoms with Crippen LogP contribution in [-0.4, -0.2) is 15.7 Å². The molecule has 0 saturated heterocycles. The minimum atomic E-state index is -0.499. The molecule has 2 aromatic rings. The fourth-order valence-electron chi connectivity index (χ4n) is 2.63. The number of fused-ring (bicyclic) bond motifs is 1. The Morgan fingerprint density at radius 1 is 1.35 bits per heavy atom. The number of aryl methyl sites for hydroxylation is 1. The number of amides is 1. The molecular weight excluding hydrogens is 252 g/mol. The molecule has 20 heavy (non-hydrogen) atoms. The van der Waals surface area contributed by atoms with Crippen LogP contribution >= 0.6 is 0 Å². The molecule has 1 aromatic heterocycles. The molecule has 0 bridgehead atoms. The molecule has 0 spiro atoms. The first-order chi connectivity index (χ1) is 9.43. The number of anilines is 1. The normalized spacial score (nSPS) is 16.1. The third-order valence-electron chi connectivity index (χ3n) is 3.94. The number of rotatable bonds is 2. The van der Waals surface area contributed by atoms with E-state index in [-0.39, 0.29) is 5.91 Å². The van der Waals surface area contributed by atoms with Crippen molar-refractivity contribution in [2.24, 2.45) is 12.8 Å². The van der Waals surface area contributed by atoms with E-state index in [9.17, 15) is 4.79 Å². The molecule has 0 saturated carbocycles. The van der Waals surface area contributed by atoms with Crippen LogP contribution in [0.3, 0.4) is 0 Å². The minimum absolute atomic E-state index is 0.0392. The maximum Gasteiger partial charge on any atom is 0.234 e. The fourth-order valence-corrected chi connectivity index (χ4v) is 2.63. The van der Waals surface area contributed by atoms with E-state index in [4.69, 9.17) is 5.73 Å². The zero-order valence-electron chi connectivity index (χ0n) is 11.9. The first-order valence-electron chi connectivity index (χ1n) is 6.63. The summed E-state index contributed by atoms with van der Waals surface area (Å²) < 4.78 is 1.82. The second-order valence-electron chi connectivity index (χ2n) is 5.69. The summed E-state index contributed by atoms with van der Waals surface area (Å²) >= 11 is 0. The van der Waals surface area contributed by atoms with Gasteiger partial charge in [-0.05, 0) is 37.6 Å². The summed E-state index contributed by atoms with van der Waals surface area (Å²) in [5.74, 6) is 0.0392. The van der Waals surface area contributed by atoms with Gasteiger partial charge in [0, 0.05) is 24.8 Å². The average Bonchev–Trinajstić information content (AvgIpc) is 2.89. The molecule has 1 amide bonds. The molecule has 0 aliphatic carbocycles. The van der Waals surface area contributed by atoms with Crippen molar-refractivity contribution in [1.82, 2.24) is 9.78 Å². The zero-order valence-corrected chi connectivity index (χ0v) is 11.9. The van der Waals surface area contributed by atoms with Gasteiger partial charge < -0.3 is 11.1 Å². The molecule has 104 valence electrons. The van der Waals surface area contributed by atoms with E-state index in [1.54, 1.807) is 0 Å². The van der Waals surface area contributed by atoms with Gasteiger partial charge in [0.15, 0.2) is 0 Å². The molecule has 1 aromatic carbocycles. The number of carbonyl (C=O) groups excluding carboxylic acids is 1. The summed E-state index contributed by atoms with van der Waals surface area (Å²) in [4.78, 5) is 12.0. The van der Waals surface area contributed by atoms with Crippen molar-refractivity contribution in [3.8, 4) is 11.3 Å². The van der Waals surface area contributed by atoms with Crippen LogP contribution in [0.15, 0.2) is 24.3 Å². The quantitative estimate of drug-likeness (QED) is 0.873. The minimum Gasteiger partial charge on any atom is -0.325 e. The van der Waals surface area contributed by atoms with Crippen molar-refractivity contribution < 1.29 is 4.79 Å². The van der Waals surface area contributed by atoms with E-state index in [0.29, 0.717) is 6.54 Å². The van der Waals surface area contributed by atoms with Crippen LogP contribution in [0.1, 0.15) is 25.1 Å². The van der Waals surface area contributed by atoms with Crippen molar-refractivity contribution in [3.63, 3.8) is 0 Å². The van der Waals surface area contributed by atoms with Gasteiger partial charge in [-0.15, -0.1) is 0 Å². The summed E-state index contributed by atoms with van der Waals surface area (Å²) in [6, 6.07) is 7.99. The second kappa shape index (κ2) is 4.18. The van der Waals surface area contributed by atoms with Gasteiger partial charge in [0.1, 0.15) is 0 Å². The summed E-state index contributed by atoms with van der Waals surface area (Å²) in [6.45, 7) is 4.29. The highest BCUT2D eigenvalue weighted by atomic mass is 16.2. The van der Waals surface area contributed by atoms with Crippen molar-refractivity contribution >= 4 is 11.6 Å². The second-order valence-corrected chi connectivity index (χ2v) is 5.69. The van der Waals surface area contributed by atoms with E-state index in [0.717, 1.165) is 28.2 Å². The Balaban J connectivity index is 2.12. The number of hydrogen-bond donors (Lipinski definition) is 2. The number of hydrogen-bond acceptors (Lipinski definition) is 3. The summed E-state index contributed by atoms with van der Waals surface area (Å²) in [5, 5.41) is 7.28. The van der Waals surface area contributed by atoms with E-state index in [1.165, 1.54) is 0 Å². The van der Waals surface area contributed by atoms with Gasteiger partial charge in [-0.1, -0.05) is 6.07 Å². The number of benzene rings is 1. The molecule has 0 fully saturated rings. The SMILES string of the molecule is Cn1nc(CN)cc1-c1ccc2c(c1)C(C)(C)C(=O)N2. The van der Waals surface area contributed by atoms with E-state index < -0.39 is 5.41 Å². The smallest absolute Gasteiger partial charge is 0.234 e. The highest BCUT2D eigenvalue weighted by Crippen LogP contribution is 2.39. The molecule has 3 N–H and O–H groups in total. The predicted octanol–water partition coefficient (Wildman–Crippen LogP) is 1.78. The summed E-state index contributed by atoms with van der Waals surface area (Å²) in [5.41, 5.74) is 9.95. The highest BCUT2D eigenvalue weighted by molar-refractivity contribution is 6.06. The molecule has 3 rings (SSSR count). The van der Waals surface area contributed by atoms with Crippen molar-refractivity contribution in [3.05, 3.63) is 35.5 Å². The molecule has 0 radical (unpaired) electrons. The Kier molecular flexibility index (Phi) is 2.69. The monoisotopic (exact) mass is 270 g/mol. The highest BCUT2D eigenvalue weighted by Gasteiger charge is 2.38. The van der Waals surface area contributed by atoms with Crippen LogP contribution in [0.4, 0.5) is 5.69 Å². The Labute approximate surface area is 117 Å². The standard InChI is InChI=1S/C15H18N4O/c1-15(2)11-6-9(4-5-12(11)17-14(15)20)13-7-10(8-16)18-19(13)3/h4-7H,8,16H2,1-3H3,(H,17,20). The summed E-state index contributed by atoms with van der Waals surface area (Å²) in [6.07, 6.45) is 0. The maximum atomic E-state index is 12.0. The predicted molar refractivity (Wildman–Crippen MR) is 78.2 cm³/mol. The van der Waals surface area contributed by atoms with Crippen LogP contribution < -0.4 is 11.1 Å². The van der Waals surface area contributed by atoms with Crippen molar-refractivity contribution in [1.29, 1.82) is 0 Å². The molecule has 5 nitrogen and oxygen atoms in total. The van der Waals surface area contributed by atoms with Crippen molar-refractivity contribution in [2.75, 3.05) is 5.32 Å². The number of nitrogens with zero attached hydrogens (tertiary/aromatic N) is 2. The third kappa shape index (κ3) is 1.74. The Morgan fingerprint density at radius 2 is 2.10 bits per heavy atom. The topological polar surface area (TPSA) is 72.9 Å². The Bertz CT molecular complexity index is 700. The molecule has 2 heterocycles. The number of aromatic nitrogens is 2. The van der Waals surface area contributed by atoms with Crippen LogP contribution in [0, 0.1) is 0 Å². The van der Waals surface area contributed by atoms with E-state index in [2.05, 4.69) is 16.5 Å². The molecular formula is C15H18N4O. The van der Waals surface area contributed by atoms with Gasteiger partial charge in [0.2, 0.25) is 5.91 Å². The summed E-state index contributed by atoms with van der Waals surface area (Å²) in [7, 11) is 1.90. The van der Waals surface area contributed by atoms with Gasteiger partial charge in [0.05, 0.1) is 16.8 Å². The zero-order chi connectivity index (χ0) is 14.5. The first-order valence-corrected chi connectivity index (χ1v) is 6.63. The van der Waals surface area contributed by atoms with Crippen molar-refractivity contribution in [2.45, 2.75) is 25.8 Å². The molecule has 0 atom stereocenters. The Morgan fingerprint density at radius 3 is 2.75 bits per heavy atom. The van der Waals surface area contributed by atoms with Gasteiger partial charge in [0.25, 0.3) is 0 Å². The lowest BCUT2D eigenvalue weighted by molar-refractivity contribution is -0.119. The number of nitrogens with two attached hydrogens (primary N) is 1. The van der Waals surface area contributed by atoms with Gasteiger partial charge in [-0.25, -0.2) is 0 Å². The number of carbonyl (C=O) groups is 1. The lowest BCUT2D eigenvalue weighted by Crippen LogP contribution is -2.26. The lowest BCUT2D eigenvalue weighted by Gasteiger charge is -2.15. The van der Waals surface area contributed by atoms with Gasteiger partial charge >= 0.3 is 0 Å². The number of nitrogens with one attached hydrogen (secondary N) is 1. The first kappa shape index (κ1) is 12.9. The van der Waals surface area contributed by atoms with Crippen LogP contribution in [0.2, 0.25) is 0 Å². The molecule has 1 aliphatic rings. The molecule has 5 heteroatoms.